The summed E-state index contributed by atoms with van der Waals surface area (Å²) in [5.74, 6) is -0.721. The van der Waals surface area contributed by atoms with Crippen molar-refractivity contribution in [3.63, 3.8) is 0 Å². The third-order valence-electron chi connectivity index (χ3n) is 4.97. The van der Waals surface area contributed by atoms with Crippen molar-refractivity contribution in [2.24, 2.45) is 0 Å². The van der Waals surface area contributed by atoms with Crippen LogP contribution in [0.25, 0.3) is 11.3 Å². The van der Waals surface area contributed by atoms with Gasteiger partial charge < -0.3 is 15.1 Å². The lowest BCUT2D eigenvalue weighted by Gasteiger charge is -2.10. The Labute approximate surface area is 225 Å². The van der Waals surface area contributed by atoms with Gasteiger partial charge in [0.2, 0.25) is 0 Å². The summed E-state index contributed by atoms with van der Waals surface area (Å²) in [6.07, 6.45) is 0. The first-order valence-corrected chi connectivity index (χ1v) is 11.7. The quantitative estimate of drug-likeness (QED) is 0.140. The molecule has 0 saturated heterocycles. The van der Waals surface area contributed by atoms with Gasteiger partial charge in [-0.25, -0.2) is 0 Å². The minimum absolute atomic E-state index is 0.0167. The van der Waals surface area contributed by atoms with Crippen LogP contribution >= 0.6 is 35.4 Å². The van der Waals surface area contributed by atoms with Gasteiger partial charge in [-0.1, -0.05) is 35.3 Å². The summed E-state index contributed by atoms with van der Waals surface area (Å²) in [4.78, 5) is 35.4. The molecule has 12 heteroatoms. The van der Waals surface area contributed by atoms with E-state index in [-0.39, 0.29) is 27.1 Å². The molecule has 0 unspecified atom stereocenters. The molecule has 0 aliphatic heterocycles. The Bertz CT molecular complexity index is 1520. The second kappa shape index (κ2) is 11.2. The average Bonchev–Trinajstić information content (AvgIpc) is 3.36. The first-order chi connectivity index (χ1) is 17.7. The van der Waals surface area contributed by atoms with Gasteiger partial charge >= 0.3 is 0 Å². The molecule has 0 aliphatic carbocycles. The maximum atomic E-state index is 12.5. The molecule has 4 aromatic rings. The smallest absolute Gasteiger partial charge is 0.293 e. The van der Waals surface area contributed by atoms with E-state index in [4.69, 9.17) is 39.8 Å². The highest BCUT2D eigenvalue weighted by Gasteiger charge is 2.16. The van der Waals surface area contributed by atoms with E-state index < -0.39 is 16.7 Å². The van der Waals surface area contributed by atoms with E-state index in [1.165, 1.54) is 42.5 Å². The fraction of sp³-hybridized carbons (Fsp3) is 0. The molecule has 4 rings (SSSR count). The van der Waals surface area contributed by atoms with E-state index in [2.05, 4.69) is 16.0 Å². The van der Waals surface area contributed by atoms with E-state index >= 15 is 0 Å². The van der Waals surface area contributed by atoms with Gasteiger partial charge in [-0.3, -0.25) is 25.0 Å². The van der Waals surface area contributed by atoms with Crippen LogP contribution in [-0.2, 0) is 0 Å². The van der Waals surface area contributed by atoms with Crippen LogP contribution in [0.5, 0.6) is 0 Å². The maximum absolute atomic E-state index is 12.5. The van der Waals surface area contributed by atoms with Crippen LogP contribution in [0.15, 0.2) is 83.3 Å². The molecule has 0 bridgehead atoms. The molecular formula is C25H16Cl2N4O5S. The molecule has 0 saturated carbocycles. The third-order valence-corrected chi connectivity index (χ3v) is 5.73. The normalized spacial score (nSPS) is 10.4. The summed E-state index contributed by atoms with van der Waals surface area (Å²) in [6, 6.07) is 20.0. The van der Waals surface area contributed by atoms with Gasteiger partial charge in [0.05, 0.1) is 15.5 Å². The predicted molar refractivity (Wildman–Crippen MR) is 145 cm³/mol. The second-order valence-corrected chi connectivity index (χ2v) is 8.79. The second-order valence-electron chi connectivity index (χ2n) is 7.54. The topological polar surface area (TPSA) is 127 Å². The zero-order valence-electron chi connectivity index (χ0n) is 18.7. The summed E-state index contributed by atoms with van der Waals surface area (Å²) < 4.78 is 5.54. The molecule has 3 N–H and O–H groups in total. The van der Waals surface area contributed by atoms with Crippen molar-refractivity contribution in [1.29, 1.82) is 0 Å². The number of thiocarbonyl (C=S) groups is 1. The fourth-order valence-corrected chi connectivity index (χ4v) is 3.93. The SMILES string of the molecule is O=C(NC(=S)Nc1ccc(NC(=O)c2ccc(Cl)cc2Cl)cc1)c1ccc(-c2cccc([N+](=O)[O-])c2)o1. The van der Waals surface area contributed by atoms with Crippen molar-refractivity contribution in [1.82, 2.24) is 5.32 Å². The summed E-state index contributed by atoms with van der Waals surface area (Å²) >= 11 is 17.1. The Morgan fingerprint density at radius 1 is 0.865 bits per heavy atom. The van der Waals surface area contributed by atoms with Crippen molar-refractivity contribution in [2.45, 2.75) is 0 Å². The lowest BCUT2D eigenvalue weighted by Crippen LogP contribution is -2.33. The summed E-state index contributed by atoms with van der Waals surface area (Å²) in [7, 11) is 0. The van der Waals surface area contributed by atoms with Crippen molar-refractivity contribution in [3.8, 4) is 11.3 Å². The highest BCUT2D eigenvalue weighted by molar-refractivity contribution is 7.80. The molecule has 9 nitrogen and oxygen atoms in total. The van der Waals surface area contributed by atoms with Gasteiger partial charge in [-0.15, -0.1) is 0 Å². The molecule has 0 atom stereocenters. The Balaban J connectivity index is 1.34. The first-order valence-electron chi connectivity index (χ1n) is 10.5. The monoisotopic (exact) mass is 554 g/mol. The number of non-ortho nitro benzene ring substituents is 1. The zero-order valence-corrected chi connectivity index (χ0v) is 21.0. The minimum atomic E-state index is -0.599. The Morgan fingerprint density at radius 2 is 1.57 bits per heavy atom. The number of rotatable bonds is 6. The molecule has 0 spiro atoms. The number of furan rings is 1. The van der Waals surface area contributed by atoms with E-state index in [9.17, 15) is 19.7 Å². The highest BCUT2D eigenvalue weighted by Crippen LogP contribution is 2.26. The van der Waals surface area contributed by atoms with Gasteiger partial charge in [0.15, 0.2) is 10.9 Å². The molecule has 0 aliphatic rings. The van der Waals surface area contributed by atoms with E-state index in [1.807, 2.05) is 0 Å². The van der Waals surface area contributed by atoms with Gasteiger partial charge in [0.1, 0.15) is 5.76 Å². The van der Waals surface area contributed by atoms with Crippen molar-refractivity contribution >= 4 is 69.4 Å². The highest BCUT2D eigenvalue weighted by atomic mass is 35.5. The largest absolute Gasteiger partial charge is 0.451 e. The summed E-state index contributed by atoms with van der Waals surface area (Å²) in [6.45, 7) is 0. The standard InChI is InChI=1S/C25H16Cl2N4O5S/c26-15-4-9-19(20(27)13-15)23(32)28-16-5-7-17(8-6-16)29-25(37)30-24(33)22-11-10-21(36-22)14-2-1-3-18(12-14)31(34)35/h1-13H,(H,28,32)(H2,29,30,33,37). The molecule has 1 aromatic heterocycles. The molecular weight excluding hydrogens is 539 g/mol. The number of amides is 2. The van der Waals surface area contributed by atoms with Crippen molar-refractivity contribution in [2.75, 3.05) is 10.6 Å². The molecule has 0 fully saturated rings. The maximum Gasteiger partial charge on any atom is 0.293 e. The number of nitrogens with zero attached hydrogens (tertiary/aromatic N) is 1. The van der Waals surface area contributed by atoms with E-state index in [0.717, 1.165) is 0 Å². The summed E-state index contributed by atoms with van der Waals surface area (Å²) in [5.41, 5.74) is 1.72. The number of nitro groups is 1. The van der Waals surface area contributed by atoms with Gasteiger partial charge in [-0.2, -0.15) is 0 Å². The molecule has 1 heterocycles. The molecule has 0 radical (unpaired) electrons. The molecule has 37 heavy (non-hydrogen) atoms. The summed E-state index contributed by atoms with van der Waals surface area (Å²) in [5, 5.41) is 19.8. The lowest BCUT2D eigenvalue weighted by atomic mass is 10.1. The molecule has 186 valence electrons. The van der Waals surface area contributed by atoms with Gasteiger partial charge in [0, 0.05) is 34.1 Å². The van der Waals surface area contributed by atoms with E-state index in [1.54, 1.807) is 36.4 Å². The number of carbonyl (C=O) groups excluding carboxylic acids is 2. The van der Waals surface area contributed by atoms with Crippen molar-refractivity contribution in [3.05, 3.63) is 110 Å². The number of carbonyl (C=O) groups is 2. The number of halogens is 2. The van der Waals surface area contributed by atoms with Crippen LogP contribution in [0, 0.1) is 10.1 Å². The average molecular weight is 555 g/mol. The van der Waals surface area contributed by atoms with Crippen LogP contribution < -0.4 is 16.0 Å². The minimum Gasteiger partial charge on any atom is -0.451 e. The molecule has 3 aromatic carbocycles. The van der Waals surface area contributed by atoms with Gasteiger partial charge in [-0.05, 0) is 66.8 Å². The number of anilines is 2. The van der Waals surface area contributed by atoms with Crippen LogP contribution in [-0.4, -0.2) is 21.9 Å². The Kier molecular flexibility index (Phi) is 7.83. The third kappa shape index (κ3) is 6.50. The zero-order chi connectivity index (χ0) is 26.5. The number of hydrogen-bond donors (Lipinski definition) is 3. The van der Waals surface area contributed by atoms with Crippen molar-refractivity contribution < 1.29 is 18.9 Å². The van der Waals surface area contributed by atoms with Gasteiger partial charge in [0.25, 0.3) is 17.5 Å². The van der Waals surface area contributed by atoms with E-state index in [0.29, 0.717) is 27.7 Å². The van der Waals surface area contributed by atoms with Crippen LogP contribution in [0.1, 0.15) is 20.9 Å². The predicted octanol–water partition coefficient (Wildman–Crippen LogP) is 6.54. The van der Waals surface area contributed by atoms with Crippen LogP contribution in [0.4, 0.5) is 17.1 Å². The number of benzene rings is 3. The number of hydrogen-bond acceptors (Lipinski definition) is 6. The Morgan fingerprint density at radius 3 is 2.24 bits per heavy atom. The van der Waals surface area contributed by atoms with Crippen LogP contribution in [0.3, 0.4) is 0 Å². The molecule has 2 amide bonds. The first kappa shape index (κ1) is 25.8. The number of nitrogens with one attached hydrogen (secondary N) is 3. The lowest BCUT2D eigenvalue weighted by molar-refractivity contribution is -0.384. The Hall–Kier alpha value is -4.25. The fourth-order valence-electron chi connectivity index (χ4n) is 3.22. The number of nitro benzene ring substituents is 1. The van der Waals surface area contributed by atoms with Crippen LogP contribution in [0.2, 0.25) is 10.0 Å².